The Morgan fingerprint density at radius 3 is 2.38 bits per heavy atom. The second kappa shape index (κ2) is 4.58. The highest BCUT2D eigenvalue weighted by molar-refractivity contribution is 14.1. The summed E-state index contributed by atoms with van der Waals surface area (Å²) in [4.78, 5) is 8.62. The number of halogens is 2. The fourth-order valence-corrected chi connectivity index (χ4v) is 2.45. The van der Waals surface area contributed by atoms with E-state index in [1.165, 1.54) is 14.2 Å². The fraction of sp³-hybridized carbons (Fsp3) is 0.200. The topological polar surface area (TPSA) is 44.2 Å². The monoisotopic (exact) mass is 350 g/mol. The molecule has 16 heavy (non-hydrogen) atoms. The van der Waals surface area contributed by atoms with Crippen LogP contribution in [0.1, 0.15) is 0 Å². The third-order valence-corrected chi connectivity index (χ3v) is 3.05. The summed E-state index contributed by atoms with van der Waals surface area (Å²) in [6.45, 7) is 0. The molecule has 0 aliphatic rings. The standard InChI is InChI=1S/C10H8ClIN2O2/c1-15-9-10(16-2)14-8-6(12)3-5(11)4-7(8)13-9/h3-4H,1-2H3. The van der Waals surface area contributed by atoms with E-state index in [0.29, 0.717) is 22.3 Å². The number of hydrogen-bond acceptors (Lipinski definition) is 4. The first kappa shape index (κ1) is 11.7. The van der Waals surface area contributed by atoms with E-state index in [1.807, 2.05) is 6.07 Å². The van der Waals surface area contributed by atoms with Crippen LogP contribution < -0.4 is 9.47 Å². The Balaban J connectivity index is 2.78. The van der Waals surface area contributed by atoms with Crippen LogP contribution in [0.3, 0.4) is 0 Å². The molecule has 0 N–H and O–H groups in total. The molecule has 2 rings (SSSR count). The van der Waals surface area contributed by atoms with Crippen LogP contribution in [0.5, 0.6) is 11.8 Å². The Hall–Kier alpha value is -0.820. The van der Waals surface area contributed by atoms with Gasteiger partial charge >= 0.3 is 0 Å². The van der Waals surface area contributed by atoms with Gasteiger partial charge in [0.15, 0.2) is 0 Å². The first-order valence-corrected chi connectivity index (χ1v) is 5.86. The van der Waals surface area contributed by atoms with Gasteiger partial charge < -0.3 is 9.47 Å². The molecule has 0 bridgehead atoms. The molecule has 0 aliphatic heterocycles. The number of rotatable bonds is 2. The van der Waals surface area contributed by atoms with Crippen molar-refractivity contribution in [3.05, 3.63) is 20.7 Å². The minimum Gasteiger partial charge on any atom is -0.477 e. The lowest BCUT2D eigenvalue weighted by molar-refractivity contribution is 0.334. The predicted octanol–water partition coefficient (Wildman–Crippen LogP) is 2.91. The molecular weight excluding hydrogens is 342 g/mol. The molecule has 0 fully saturated rings. The largest absolute Gasteiger partial charge is 0.477 e. The molecule has 0 spiro atoms. The van der Waals surface area contributed by atoms with E-state index in [1.54, 1.807) is 6.07 Å². The molecule has 0 aliphatic carbocycles. The summed E-state index contributed by atoms with van der Waals surface area (Å²) in [7, 11) is 3.05. The minimum absolute atomic E-state index is 0.355. The zero-order valence-corrected chi connectivity index (χ0v) is 11.5. The molecule has 0 amide bonds. The second-order valence-electron chi connectivity index (χ2n) is 3.00. The van der Waals surface area contributed by atoms with Gasteiger partial charge in [-0.3, -0.25) is 0 Å². The molecule has 2 aromatic rings. The van der Waals surface area contributed by atoms with Gasteiger partial charge in [0.05, 0.1) is 19.7 Å². The summed E-state index contributed by atoms with van der Waals surface area (Å²) in [6.07, 6.45) is 0. The Morgan fingerprint density at radius 1 is 1.12 bits per heavy atom. The van der Waals surface area contributed by atoms with Gasteiger partial charge in [-0.05, 0) is 34.7 Å². The van der Waals surface area contributed by atoms with Crippen molar-refractivity contribution in [3.63, 3.8) is 0 Å². The normalized spacial score (nSPS) is 10.5. The number of hydrogen-bond donors (Lipinski definition) is 0. The minimum atomic E-state index is 0.355. The van der Waals surface area contributed by atoms with Crippen LogP contribution >= 0.6 is 34.2 Å². The van der Waals surface area contributed by atoms with Crippen LogP contribution in [0, 0.1) is 3.57 Å². The third kappa shape index (κ3) is 2.01. The lowest BCUT2D eigenvalue weighted by atomic mass is 10.3. The van der Waals surface area contributed by atoms with Crippen molar-refractivity contribution in [1.82, 2.24) is 9.97 Å². The first-order valence-electron chi connectivity index (χ1n) is 4.40. The van der Waals surface area contributed by atoms with Crippen molar-refractivity contribution >= 4 is 45.2 Å². The SMILES string of the molecule is COc1nc2cc(Cl)cc(I)c2nc1OC. The number of ether oxygens (including phenoxy) is 2. The average Bonchev–Trinajstić information content (AvgIpc) is 2.27. The molecule has 0 saturated carbocycles. The maximum atomic E-state index is 5.95. The fourth-order valence-electron chi connectivity index (χ4n) is 1.32. The number of methoxy groups -OCH3 is 2. The van der Waals surface area contributed by atoms with E-state index in [4.69, 9.17) is 21.1 Å². The maximum Gasteiger partial charge on any atom is 0.278 e. The van der Waals surface area contributed by atoms with Crippen LogP contribution in [0.4, 0.5) is 0 Å². The summed E-state index contributed by atoms with van der Waals surface area (Å²) in [5.41, 5.74) is 1.44. The zero-order valence-electron chi connectivity index (χ0n) is 8.62. The molecule has 1 heterocycles. The van der Waals surface area contributed by atoms with Crippen molar-refractivity contribution in [3.8, 4) is 11.8 Å². The summed E-state index contributed by atoms with van der Waals surface area (Å²) < 4.78 is 11.1. The highest BCUT2D eigenvalue weighted by atomic mass is 127. The number of aromatic nitrogens is 2. The van der Waals surface area contributed by atoms with E-state index in [-0.39, 0.29) is 0 Å². The molecule has 0 atom stereocenters. The van der Waals surface area contributed by atoms with Crippen molar-refractivity contribution in [2.75, 3.05) is 14.2 Å². The number of benzene rings is 1. The van der Waals surface area contributed by atoms with Crippen molar-refractivity contribution in [2.45, 2.75) is 0 Å². The van der Waals surface area contributed by atoms with Crippen LogP contribution in [-0.2, 0) is 0 Å². The second-order valence-corrected chi connectivity index (χ2v) is 4.60. The van der Waals surface area contributed by atoms with Gasteiger partial charge in [0, 0.05) is 8.59 Å². The molecule has 1 aromatic carbocycles. The van der Waals surface area contributed by atoms with Crippen molar-refractivity contribution in [1.29, 1.82) is 0 Å². The lowest BCUT2D eigenvalue weighted by Gasteiger charge is -2.07. The summed E-state index contributed by atoms with van der Waals surface area (Å²) in [5.74, 6) is 0.725. The van der Waals surface area contributed by atoms with Gasteiger partial charge in [-0.25, -0.2) is 9.97 Å². The number of nitrogens with zero attached hydrogens (tertiary/aromatic N) is 2. The Labute approximate surface area is 111 Å². The van der Waals surface area contributed by atoms with E-state index < -0.39 is 0 Å². The van der Waals surface area contributed by atoms with Crippen LogP contribution in [0.2, 0.25) is 5.02 Å². The van der Waals surface area contributed by atoms with E-state index in [0.717, 1.165) is 9.09 Å². The first-order chi connectivity index (χ1) is 7.65. The molecule has 0 radical (unpaired) electrons. The van der Waals surface area contributed by atoms with E-state index in [2.05, 4.69) is 32.6 Å². The van der Waals surface area contributed by atoms with Crippen LogP contribution in [-0.4, -0.2) is 24.2 Å². The van der Waals surface area contributed by atoms with Crippen molar-refractivity contribution < 1.29 is 9.47 Å². The summed E-state index contributed by atoms with van der Waals surface area (Å²) in [5, 5.41) is 0.624. The molecule has 4 nitrogen and oxygen atoms in total. The molecule has 84 valence electrons. The number of fused-ring (bicyclic) bond motifs is 1. The smallest absolute Gasteiger partial charge is 0.278 e. The maximum absolute atomic E-state index is 5.95. The Morgan fingerprint density at radius 2 is 1.75 bits per heavy atom. The Bertz CT molecular complexity index is 548. The zero-order chi connectivity index (χ0) is 11.7. The summed E-state index contributed by atoms with van der Waals surface area (Å²) >= 11 is 8.11. The third-order valence-electron chi connectivity index (χ3n) is 2.01. The average molecular weight is 351 g/mol. The van der Waals surface area contributed by atoms with Gasteiger partial charge in [-0.1, -0.05) is 11.6 Å². The van der Waals surface area contributed by atoms with Crippen molar-refractivity contribution in [2.24, 2.45) is 0 Å². The summed E-state index contributed by atoms with van der Waals surface area (Å²) in [6, 6.07) is 3.57. The highest BCUT2D eigenvalue weighted by Gasteiger charge is 2.12. The molecule has 0 unspecified atom stereocenters. The van der Waals surface area contributed by atoms with E-state index >= 15 is 0 Å². The predicted molar refractivity (Wildman–Crippen MR) is 70.4 cm³/mol. The molecular formula is C10H8ClIN2O2. The molecule has 6 heteroatoms. The van der Waals surface area contributed by atoms with Gasteiger partial charge in [0.2, 0.25) is 0 Å². The molecule has 0 saturated heterocycles. The van der Waals surface area contributed by atoms with Gasteiger partial charge in [0.25, 0.3) is 11.8 Å². The highest BCUT2D eigenvalue weighted by Crippen LogP contribution is 2.29. The van der Waals surface area contributed by atoms with Crippen LogP contribution in [0.15, 0.2) is 12.1 Å². The van der Waals surface area contributed by atoms with Gasteiger partial charge in [0.1, 0.15) is 5.52 Å². The van der Waals surface area contributed by atoms with Crippen LogP contribution in [0.25, 0.3) is 11.0 Å². The lowest BCUT2D eigenvalue weighted by Crippen LogP contribution is -1.98. The molecule has 1 aromatic heterocycles. The van der Waals surface area contributed by atoms with Gasteiger partial charge in [-0.15, -0.1) is 0 Å². The van der Waals surface area contributed by atoms with E-state index in [9.17, 15) is 0 Å². The van der Waals surface area contributed by atoms with Gasteiger partial charge in [-0.2, -0.15) is 0 Å². The quantitative estimate of drug-likeness (QED) is 0.781. The Kier molecular flexibility index (Phi) is 3.34.